The van der Waals surface area contributed by atoms with Crippen LogP contribution in [0.25, 0.3) is 0 Å². The second-order valence-electron chi connectivity index (χ2n) is 4.87. The average Bonchev–Trinajstić information content (AvgIpc) is 2.65. The summed E-state index contributed by atoms with van der Waals surface area (Å²) in [4.78, 5) is 13.4. The normalized spacial score (nSPS) is 19.6. The molecular formula is C13H15BrF2N2O. The molecule has 0 spiro atoms. The Bertz CT molecular complexity index is 508. The third-order valence-electron chi connectivity index (χ3n) is 3.02. The summed E-state index contributed by atoms with van der Waals surface area (Å²) in [5.74, 6) is -1.40. The van der Waals surface area contributed by atoms with Gasteiger partial charge < -0.3 is 10.2 Å². The SMILES string of the molecule is CC(C)NC1CCN(c2cc(F)c(Br)cc2F)C1=O. The lowest BCUT2D eigenvalue weighted by Gasteiger charge is -2.19. The predicted molar refractivity (Wildman–Crippen MR) is 73.1 cm³/mol. The lowest BCUT2D eigenvalue weighted by Crippen LogP contribution is -2.41. The van der Waals surface area contributed by atoms with Crippen LogP contribution in [0.1, 0.15) is 20.3 Å². The summed E-state index contributed by atoms with van der Waals surface area (Å²) in [6.07, 6.45) is 0.591. The topological polar surface area (TPSA) is 32.3 Å². The number of carbonyl (C=O) groups is 1. The van der Waals surface area contributed by atoms with Gasteiger partial charge in [-0.05, 0) is 28.4 Å². The first-order valence-electron chi connectivity index (χ1n) is 6.12. The number of hydrogen-bond donors (Lipinski definition) is 1. The van der Waals surface area contributed by atoms with E-state index in [0.29, 0.717) is 13.0 Å². The number of hydrogen-bond acceptors (Lipinski definition) is 2. The van der Waals surface area contributed by atoms with Crippen molar-refractivity contribution in [2.75, 3.05) is 11.4 Å². The summed E-state index contributed by atoms with van der Waals surface area (Å²) in [6, 6.07) is 1.93. The second-order valence-corrected chi connectivity index (χ2v) is 5.72. The fourth-order valence-corrected chi connectivity index (χ4v) is 2.51. The number of nitrogens with one attached hydrogen (secondary N) is 1. The molecule has 1 aliphatic heterocycles. The molecule has 1 unspecified atom stereocenters. The molecule has 104 valence electrons. The standard InChI is InChI=1S/C13H15BrF2N2O/c1-7(2)17-11-3-4-18(13(11)19)12-6-9(15)8(14)5-10(12)16/h5-7,11,17H,3-4H2,1-2H3. The van der Waals surface area contributed by atoms with Crippen molar-refractivity contribution < 1.29 is 13.6 Å². The zero-order chi connectivity index (χ0) is 14.2. The minimum atomic E-state index is -0.605. The Hall–Kier alpha value is -1.01. The molecule has 19 heavy (non-hydrogen) atoms. The number of rotatable bonds is 3. The molecule has 1 aliphatic rings. The highest BCUT2D eigenvalue weighted by Gasteiger charge is 2.34. The lowest BCUT2D eigenvalue weighted by atomic mass is 10.2. The monoisotopic (exact) mass is 332 g/mol. The van der Waals surface area contributed by atoms with Crippen LogP contribution in [0.4, 0.5) is 14.5 Å². The van der Waals surface area contributed by atoms with Crippen LogP contribution in [0.5, 0.6) is 0 Å². The zero-order valence-electron chi connectivity index (χ0n) is 10.7. The van der Waals surface area contributed by atoms with Gasteiger partial charge in [0.05, 0.1) is 16.2 Å². The minimum Gasteiger partial charge on any atom is -0.308 e. The van der Waals surface area contributed by atoms with Crippen molar-refractivity contribution in [3.05, 3.63) is 28.2 Å². The van der Waals surface area contributed by atoms with Crippen molar-refractivity contribution in [1.29, 1.82) is 0 Å². The number of halogens is 3. The molecule has 1 aromatic carbocycles. The Morgan fingerprint density at radius 2 is 2.05 bits per heavy atom. The molecule has 0 radical (unpaired) electrons. The largest absolute Gasteiger partial charge is 0.308 e. The molecule has 0 aliphatic carbocycles. The van der Waals surface area contributed by atoms with Crippen LogP contribution in [0.15, 0.2) is 16.6 Å². The molecule has 1 heterocycles. The smallest absolute Gasteiger partial charge is 0.244 e. The number of amides is 1. The molecule has 6 heteroatoms. The second kappa shape index (κ2) is 5.54. The van der Waals surface area contributed by atoms with E-state index in [9.17, 15) is 13.6 Å². The van der Waals surface area contributed by atoms with Crippen LogP contribution < -0.4 is 10.2 Å². The van der Waals surface area contributed by atoms with Gasteiger partial charge in [-0.3, -0.25) is 4.79 Å². The Labute approximate surface area is 119 Å². The fraction of sp³-hybridized carbons (Fsp3) is 0.462. The first kappa shape index (κ1) is 14.4. The Morgan fingerprint density at radius 3 is 2.68 bits per heavy atom. The van der Waals surface area contributed by atoms with E-state index in [2.05, 4.69) is 21.2 Å². The molecule has 2 rings (SSSR count). The maximum absolute atomic E-state index is 13.8. The van der Waals surface area contributed by atoms with Crippen LogP contribution >= 0.6 is 15.9 Å². The molecule has 0 saturated carbocycles. The Morgan fingerprint density at radius 1 is 1.37 bits per heavy atom. The number of benzene rings is 1. The van der Waals surface area contributed by atoms with E-state index in [1.54, 1.807) is 0 Å². The Kier molecular flexibility index (Phi) is 4.20. The number of carbonyl (C=O) groups excluding carboxylic acids is 1. The van der Waals surface area contributed by atoms with E-state index < -0.39 is 11.6 Å². The molecule has 1 N–H and O–H groups in total. The van der Waals surface area contributed by atoms with E-state index in [1.165, 1.54) is 4.90 Å². The van der Waals surface area contributed by atoms with Gasteiger partial charge in [0, 0.05) is 18.7 Å². The van der Waals surface area contributed by atoms with Gasteiger partial charge in [-0.15, -0.1) is 0 Å². The van der Waals surface area contributed by atoms with Crippen molar-refractivity contribution >= 4 is 27.5 Å². The van der Waals surface area contributed by atoms with Crippen molar-refractivity contribution in [1.82, 2.24) is 5.32 Å². The molecule has 0 aromatic heterocycles. The summed E-state index contributed by atoms with van der Waals surface area (Å²) < 4.78 is 27.4. The van der Waals surface area contributed by atoms with Gasteiger partial charge in [0.2, 0.25) is 5.91 Å². The van der Waals surface area contributed by atoms with Crippen molar-refractivity contribution in [3.8, 4) is 0 Å². The van der Waals surface area contributed by atoms with Gasteiger partial charge in [0.25, 0.3) is 0 Å². The maximum Gasteiger partial charge on any atom is 0.244 e. The molecule has 1 atom stereocenters. The quantitative estimate of drug-likeness (QED) is 0.863. The average molecular weight is 333 g/mol. The van der Waals surface area contributed by atoms with Gasteiger partial charge in [-0.2, -0.15) is 0 Å². The van der Waals surface area contributed by atoms with Gasteiger partial charge >= 0.3 is 0 Å². The summed E-state index contributed by atoms with van der Waals surface area (Å²) in [5.41, 5.74) is -0.00115. The molecule has 1 amide bonds. The molecule has 0 bridgehead atoms. The van der Waals surface area contributed by atoms with Gasteiger partial charge in [0.1, 0.15) is 11.6 Å². The van der Waals surface area contributed by atoms with Gasteiger partial charge in [-0.1, -0.05) is 13.8 Å². The third-order valence-corrected chi connectivity index (χ3v) is 3.63. The highest BCUT2D eigenvalue weighted by atomic mass is 79.9. The first-order valence-corrected chi connectivity index (χ1v) is 6.91. The molecule has 1 fully saturated rings. The molecule has 1 saturated heterocycles. The fourth-order valence-electron chi connectivity index (χ4n) is 2.20. The highest BCUT2D eigenvalue weighted by molar-refractivity contribution is 9.10. The van der Waals surface area contributed by atoms with E-state index in [0.717, 1.165) is 12.1 Å². The molecular weight excluding hydrogens is 318 g/mol. The van der Waals surface area contributed by atoms with E-state index in [-0.39, 0.29) is 28.2 Å². The van der Waals surface area contributed by atoms with E-state index >= 15 is 0 Å². The van der Waals surface area contributed by atoms with Gasteiger partial charge in [-0.25, -0.2) is 8.78 Å². The third kappa shape index (κ3) is 2.95. The van der Waals surface area contributed by atoms with Gasteiger partial charge in [0.15, 0.2) is 0 Å². The first-order chi connectivity index (χ1) is 8.90. The number of nitrogens with zero attached hydrogens (tertiary/aromatic N) is 1. The minimum absolute atomic E-state index is 0.00115. The van der Waals surface area contributed by atoms with Crippen LogP contribution in [0.2, 0.25) is 0 Å². The van der Waals surface area contributed by atoms with Crippen LogP contribution in [-0.2, 0) is 4.79 Å². The summed E-state index contributed by atoms with van der Waals surface area (Å²) in [6.45, 7) is 4.27. The number of anilines is 1. The van der Waals surface area contributed by atoms with Crippen molar-refractivity contribution in [2.45, 2.75) is 32.4 Å². The zero-order valence-corrected chi connectivity index (χ0v) is 12.3. The van der Waals surface area contributed by atoms with E-state index in [1.807, 2.05) is 13.8 Å². The summed E-state index contributed by atoms with van der Waals surface area (Å²) >= 11 is 2.92. The summed E-state index contributed by atoms with van der Waals surface area (Å²) in [5, 5.41) is 3.12. The van der Waals surface area contributed by atoms with Crippen molar-refractivity contribution in [2.24, 2.45) is 0 Å². The maximum atomic E-state index is 13.8. The van der Waals surface area contributed by atoms with Crippen LogP contribution in [0.3, 0.4) is 0 Å². The lowest BCUT2D eigenvalue weighted by molar-refractivity contribution is -0.119. The Balaban J connectivity index is 2.24. The van der Waals surface area contributed by atoms with Crippen LogP contribution in [-0.4, -0.2) is 24.5 Å². The molecule has 1 aromatic rings. The van der Waals surface area contributed by atoms with E-state index in [4.69, 9.17) is 0 Å². The van der Waals surface area contributed by atoms with Crippen LogP contribution in [0, 0.1) is 11.6 Å². The summed E-state index contributed by atoms with van der Waals surface area (Å²) in [7, 11) is 0. The highest BCUT2D eigenvalue weighted by Crippen LogP contribution is 2.29. The molecule has 3 nitrogen and oxygen atoms in total. The van der Waals surface area contributed by atoms with Crippen molar-refractivity contribution in [3.63, 3.8) is 0 Å². The predicted octanol–water partition coefficient (Wildman–Crippen LogP) is 2.83.